The molecule has 0 saturated carbocycles. The molecular weight excluding hydrogens is 228 g/mol. The van der Waals surface area contributed by atoms with Gasteiger partial charge in [0.1, 0.15) is 0 Å². The van der Waals surface area contributed by atoms with Crippen LogP contribution in [0.5, 0.6) is 17.2 Å². The van der Waals surface area contributed by atoms with Crippen molar-refractivity contribution in [1.82, 2.24) is 0 Å². The van der Waals surface area contributed by atoms with Crippen molar-refractivity contribution in [3.05, 3.63) is 17.7 Å². The third kappa shape index (κ3) is 3.53. The van der Waals surface area contributed by atoms with E-state index in [4.69, 9.17) is 24.4 Å². The minimum atomic E-state index is -1.05. The largest absolute Gasteiger partial charge is 0.493 e. The summed E-state index contributed by atoms with van der Waals surface area (Å²) in [6.07, 6.45) is 0. The molecule has 1 aromatic carbocycles. The van der Waals surface area contributed by atoms with E-state index in [1.54, 1.807) is 0 Å². The number of aliphatic hydroxyl groups is 1. The maximum absolute atomic E-state index is 10.8. The molecule has 6 nitrogen and oxygen atoms in total. The van der Waals surface area contributed by atoms with Crippen molar-refractivity contribution in [1.29, 1.82) is 0 Å². The van der Waals surface area contributed by atoms with Gasteiger partial charge in [-0.05, 0) is 12.1 Å². The first kappa shape index (κ1) is 15.0. The van der Waals surface area contributed by atoms with Crippen LogP contribution < -0.4 is 14.2 Å². The van der Waals surface area contributed by atoms with E-state index < -0.39 is 5.97 Å². The van der Waals surface area contributed by atoms with Gasteiger partial charge >= 0.3 is 5.97 Å². The van der Waals surface area contributed by atoms with Gasteiger partial charge in [-0.1, -0.05) is 0 Å². The maximum Gasteiger partial charge on any atom is 0.335 e. The first-order valence-corrected chi connectivity index (χ1v) is 4.62. The Bertz CT molecular complexity index is 349. The van der Waals surface area contributed by atoms with E-state index in [0.717, 1.165) is 7.11 Å². The highest BCUT2D eigenvalue weighted by Crippen LogP contribution is 2.38. The Morgan fingerprint density at radius 1 is 1.00 bits per heavy atom. The Morgan fingerprint density at radius 2 is 1.41 bits per heavy atom. The molecule has 0 aliphatic rings. The number of carboxylic acid groups (broad SMARTS) is 1. The van der Waals surface area contributed by atoms with Gasteiger partial charge in [0.25, 0.3) is 0 Å². The van der Waals surface area contributed by atoms with Crippen molar-refractivity contribution in [3.63, 3.8) is 0 Å². The van der Waals surface area contributed by atoms with Crippen molar-refractivity contribution >= 4 is 5.97 Å². The zero-order valence-corrected chi connectivity index (χ0v) is 10.2. The lowest BCUT2D eigenvalue weighted by Crippen LogP contribution is -2.01. The fourth-order valence-electron chi connectivity index (χ4n) is 1.20. The number of ether oxygens (including phenoxy) is 3. The van der Waals surface area contributed by atoms with Gasteiger partial charge in [0.05, 0.1) is 26.9 Å². The van der Waals surface area contributed by atoms with Crippen LogP contribution in [0.4, 0.5) is 0 Å². The van der Waals surface area contributed by atoms with Crippen molar-refractivity contribution in [2.24, 2.45) is 0 Å². The third-order valence-corrected chi connectivity index (χ3v) is 1.91. The maximum atomic E-state index is 10.8. The lowest BCUT2D eigenvalue weighted by atomic mass is 10.2. The fourth-order valence-corrected chi connectivity index (χ4v) is 1.20. The van der Waals surface area contributed by atoms with E-state index in [1.807, 2.05) is 0 Å². The number of aromatic carboxylic acids is 1. The zero-order valence-electron chi connectivity index (χ0n) is 10.2. The van der Waals surface area contributed by atoms with Crippen LogP contribution in [0.2, 0.25) is 0 Å². The topological polar surface area (TPSA) is 85.2 Å². The van der Waals surface area contributed by atoms with Crippen molar-refractivity contribution in [2.75, 3.05) is 28.4 Å². The van der Waals surface area contributed by atoms with Gasteiger partial charge in [0.2, 0.25) is 5.75 Å². The summed E-state index contributed by atoms with van der Waals surface area (Å²) >= 11 is 0. The molecule has 0 radical (unpaired) electrons. The molecule has 0 fully saturated rings. The van der Waals surface area contributed by atoms with Gasteiger partial charge in [-0.3, -0.25) is 0 Å². The Morgan fingerprint density at radius 3 is 1.65 bits per heavy atom. The summed E-state index contributed by atoms with van der Waals surface area (Å²) in [4.78, 5) is 10.8. The molecule has 1 rings (SSSR count). The molecule has 0 saturated heterocycles. The second-order valence-corrected chi connectivity index (χ2v) is 2.72. The van der Waals surface area contributed by atoms with Crippen LogP contribution in [0.3, 0.4) is 0 Å². The van der Waals surface area contributed by atoms with Crippen LogP contribution in [-0.2, 0) is 0 Å². The summed E-state index contributed by atoms with van der Waals surface area (Å²) in [6.45, 7) is 0. The zero-order chi connectivity index (χ0) is 13.4. The quantitative estimate of drug-likeness (QED) is 0.822. The molecule has 0 aliphatic carbocycles. The lowest BCUT2D eigenvalue weighted by molar-refractivity contribution is 0.0696. The van der Waals surface area contributed by atoms with Crippen LogP contribution in [0.25, 0.3) is 0 Å². The van der Waals surface area contributed by atoms with Crippen LogP contribution >= 0.6 is 0 Å². The smallest absolute Gasteiger partial charge is 0.335 e. The summed E-state index contributed by atoms with van der Waals surface area (Å²) in [5.74, 6) is -0.0113. The molecule has 0 aromatic heterocycles. The van der Waals surface area contributed by atoms with E-state index in [1.165, 1.54) is 33.5 Å². The monoisotopic (exact) mass is 244 g/mol. The Labute approximate surface area is 99.4 Å². The number of carboxylic acids is 1. The van der Waals surface area contributed by atoms with Gasteiger partial charge in [0, 0.05) is 7.11 Å². The first-order chi connectivity index (χ1) is 8.13. The predicted octanol–water partition coefficient (Wildman–Crippen LogP) is 1.02. The van der Waals surface area contributed by atoms with E-state index >= 15 is 0 Å². The van der Waals surface area contributed by atoms with Crippen LogP contribution in [-0.4, -0.2) is 44.6 Å². The average Bonchev–Trinajstić information content (AvgIpc) is 2.38. The van der Waals surface area contributed by atoms with Crippen molar-refractivity contribution in [2.45, 2.75) is 0 Å². The molecule has 0 unspecified atom stereocenters. The van der Waals surface area contributed by atoms with Gasteiger partial charge in [0.15, 0.2) is 11.5 Å². The molecule has 0 bridgehead atoms. The van der Waals surface area contributed by atoms with Crippen molar-refractivity contribution < 1.29 is 29.2 Å². The summed E-state index contributed by atoms with van der Waals surface area (Å²) in [5.41, 5.74) is 0.0875. The average molecular weight is 244 g/mol. The summed E-state index contributed by atoms with van der Waals surface area (Å²) < 4.78 is 15.1. The molecule has 17 heavy (non-hydrogen) atoms. The molecule has 0 heterocycles. The van der Waals surface area contributed by atoms with E-state index in [2.05, 4.69) is 0 Å². The molecular formula is C11H16O6. The van der Waals surface area contributed by atoms with E-state index in [-0.39, 0.29) is 5.56 Å². The number of rotatable bonds is 4. The summed E-state index contributed by atoms with van der Waals surface area (Å²) in [6, 6.07) is 2.76. The highest BCUT2D eigenvalue weighted by molar-refractivity contribution is 5.89. The molecule has 0 atom stereocenters. The fraction of sp³-hybridized carbons (Fsp3) is 0.364. The summed E-state index contributed by atoms with van der Waals surface area (Å²) in [7, 11) is 5.33. The molecule has 6 heteroatoms. The van der Waals surface area contributed by atoms with E-state index in [0.29, 0.717) is 17.2 Å². The van der Waals surface area contributed by atoms with Crippen LogP contribution in [0.1, 0.15) is 10.4 Å². The second-order valence-electron chi connectivity index (χ2n) is 2.72. The predicted molar refractivity (Wildman–Crippen MR) is 61.2 cm³/mol. The van der Waals surface area contributed by atoms with Gasteiger partial charge in [-0.15, -0.1) is 0 Å². The SMILES string of the molecule is CO.COc1cc(C(=O)O)cc(OC)c1OC. The Kier molecular flexibility index (Phi) is 6.50. The normalized spacial score (nSPS) is 8.76. The van der Waals surface area contributed by atoms with Gasteiger partial charge in [-0.25, -0.2) is 4.79 Å². The van der Waals surface area contributed by atoms with E-state index in [9.17, 15) is 4.79 Å². The number of hydrogen-bond acceptors (Lipinski definition) is 5. The highest BCUT2D eigenvalue weighted by Gasteiger charge is 2.15. The number of aliphatic hydroxyl groups excluding tert-OH is 1. The van der Waals surface area contributed by atoms with Crippen LogP contribution in [0.15, 0.2) is 12.1 Å². The molecule has 0 aliphatic heterocycles. The van der Waals surface area contributed by atoms with Gasteiger partial charge in [-0.2, -0.15) is 0 Å². The molecule has 2 N–H and O–H groups in total. The Hall–Kier alpha value is -1.95. The lowest BCUT2D eigenvalue weighted by Gasteiger charge is -2.12. The first-order valence-electron chi connectivity index (χ1n) is 4.62. The minimum Gasteiger partial charge on any atom is -0.493 e. The molecule has 0 spiro atoms. The number of benzene rings is 1. The number of hydrogen-bond donors (Lipinski definition) is 2. The number of carbonyl (C=O) groups is 1. The van der Waals surface area contributed by atoms with Crippen LogP contribution in [0, 0.1) is 0 Å². The number of methoxy groups -OCH3 is 3. The third-order valence-electron chi connectivity index (χ3n) is 1.91. The standard InChI is InChI=1S/C10H12O5.CH4O/c1-13-7-4-6(10(11)12)5-8(14-2)9(7)15-3;1-2/h4-5H,1-3H3,(H,11,12);2H,1H3. The van der Waals surface area contributed by atoms with Gasteiger partial charge < -0.3 is 24.4 Å². The molecule has 0 amide bonds. The Balaban J connectivity index is 0.00000121. The highest BCUT2D eigenvalue weighted by atomic mass is 16.5. The minimum absolute atomic E-state index is 0.0875. The summed E-state index contributed by atoms with van der Waals surface area (Å²) in [5, 5.41) is 15.8. The molecule has 96 valence electrons. The molecule has 1 aromatic rings. The van der Waals surface area contributed by atoms with Crippen molar-refractivity contribution in [3.8, 4) is 17.2 Å². The second kappa shape index (κ2) is 7.34.